The summed E-state index contributed by atoms with van der Waals surface area (Å²) in [4.78, 5) is 11.9. The Bertz CT molecular complexity index is 617. The number of hydrogen-bond donors (Lipinski definition) is 0. The van der Waals surface area contributed by atoms with Crippen LogP contribution in [-0.4, -0.2) is 5.78 Å². The van der Waals surface area contributed by atoms with Crippen LogP contribution in [0, 0.1) is 17.5 Å². The Morgan fingerprint density at radius 2 is 1.63 bits per heavy atom. The molecule has 0 aliphatic rings. The molecule has 0 radical (unpaired) electrons. The fourth-order valence-corrected chi connectivity index (χ4v) is 2.06. The summed E-state index contributed by atoms with van der Waals surface area (Å²) in [5, 5.41) is 0. The number of halogens is 4. The van der Waals surface area contributed by atoms with Gasteiger partial charge in [-0.3, -0.25) is 4.79 Å². The van der Waals surface area contributed by atoms with Crippen LogP contribution >= 0.6 is 15.9 Å². The Morgan fingerprint density at radius 3 is 2.21 bits per heavy atom. The number of Topliss-reactive ketones (excluding diaryl/α,β-unsaturated/α-hetero) is 1. The Kier molecular flexibility index (Phi) is 4.04. The van der Waals surface area contributed by atoms with E-state index in [0.717, 1.165) is 4.47 Å². The van der Waals surface area contributed by atoms with E-state index >= 15 is 0 Å². The minimum atomic E-state index is -1.57. The second-order valence-corrected chi connectivity index (χ2v) is 4.80. The second-order valence-electron chi connectivity index (χ2n) is 3.95. The predicted octanol–water partition coefficient (Wildman–Crippen LogP) is 4.29. The highest BCUT2D eigenvalue weighted by Gasteiger charge is 2.16. The molecule has 0 heterocycles. The highest BCUT2D eigenvalue weighted by Crippen LogP contribution is 2.20. The molecular weight excluding hydrogens is 321 g/mol. The molecule has 1 nitrogen and oxygen atoms in total. The third-order valence-corrected chi connectivity index (χ3v) is 3.39. The first kappa shape index (κ1) is 13.8. The van der Waals surface area contributed by atoms with Gasteiger partial charge in [0.15, 0.2) is 23.2 Å². The van der Waals surface area contributed by atoms with Crippen molar-refractivity contribution in [1.29, 1.82) is 0 Å². The molecule has 2 aromatic carbocycles. The first-order valence-corrected chi connectivity index (χ1v) is 6.19. The van der Waals surface area contributed by atoms with E-state index in [0.29, 0.717) is 17.7 Å². The van der Waals surface area contributed by atoms with E-state index in [2.05, 4.69) is 15.9 Å². The minimum Gasteiger partial charge on any atom is -0.294 e. The molecule has 0 atom stereocenters. The van der Waals surface area contributed by atoms with Crippen molar-refractivity contribution >= 4 is 21.7 Å². The van der Waals surface area contributed by atoms with Gasteiger partial charge in [-0.1, -0.05) is 34.1 Å². The van der Waals surface area contributed by atoms with Crippen molar-refractivity contribution in [1.82, 2.24) is 0 Å². The minimum absolute atomic E-state index is 0.0219. The van der Waals surface area contributed by atoms with Gasteiger partial charge in [0.2, 0.25) is 0 Å². The standard InChI is InChI=1S/C14H8BrF3O/c15-10-4-2-1-3-8(10)7-13(19)9-5-11(16)14(18)12(17)6-9/h1-6H,7H2. The average molecular weight is 329 g/mol. The molecule has 0 saturated carbocycles. The van der Waals surface area contributed by atoms with Crippen LogP contribution in [0.15, 0.2) is 40.9 Å². The van der Waals surface area contributed by atoms with E-state index in [1.54, 1.807) is 24.3 Å². The molecule has 98 valence electrons. The lowest BCUT2D eigenvalue weighted by atomic mass is 10.0. The summed E-state index contributed by atoms with van der Waals surface area (Å²) in [5.74, 6) is -4.78. The summed E-state index contributed by atoms with van der Waals surface area (Å²) < 4.78 is 39.6. The zero-order valence-corrected chi connectivity index (χ0v) is 11.2. The molecular formula is C14H8BrF3O. The average Bonchev–Trinajstić information content (AvgIpc) is 2.38. The molecule has 2 rings (SSSR count). The molecule has 0 aliphatic carbocycles. The molecule has 0 spiro atoms. The van der Waals surface area contributed by atoms with Crippen molar-refractivity contribution in [2.75, 3.05) is 0 Å². The van der Waals surface area contributed by atoms with Crippen LogP contribution in [-0.2, 0) is 6.42 Å². The zero-order valence-electron chi connectivity index (χ0n) is 9.59. The topological polar surface area (TPSA) is 17.1 Å². The maximum Gasteiger partial charge on any atom is 0.194 e. The summed E-state index contributed by atoms with van der Waals surface area (Å²) in [6, 6.07) is 8.43. The van der Waals surface area contributed by atoms with Gasteiger partial charge in [-0.05, 0) is 23.8 Å². The van der Waals surface area contributed by atoms with Crippen LogP contribution in [0.1, 0.15) is 15.9 Å². The molecule has 5 heteroatoms. The highest BCUT2D eigenvalue weighted by atomic mass is 79.9. The summed E-state index contributed by atoms with van der Waals surface area (Å²) in [7, 11) is 0. The Balaban J connectivity index is 2.28. The van der Waals surface area contributed by atoms with Gasteiger partial charge in [0.1, 0.15) is 0 Å². The highest BCUT2D eigenvalue weighted by molar-refractivity contribution is 9.10. The van der Waals surface area contributed by atoms with Gasteiger partial charge in [0.25, 0.3) is 0 Å². The monoisotopic (exact) mass is 328 g/mol. The Labute approximate surface area is 116 Å². The van der Waals surface area contributed by atoms with Crippen LogP contribution in [0.3, 0.4) is 0 Å². The molecule has 0 fully saturated rings. The summed E-state index contributed by atoms with van der Waals surface area (Å²) >= 11 is 3.28. The third kappa shape index (κ3) is 3.04. The van der Waals surface area contributed by atoms with E-state index in [1.807, 2.05) is 0 Å². The fourth-order valence-electron chi connectivity index (χ4n) is 1.63. The molecule has 0 saturated heterocycles. The van der Waals surface area contributed by atoms with Crippen molar-refractivity contribution in [3.63, 3.8) is 0 Å². The number of ketones is 1. The molecule has 0 aliphatic heterocycles. The van der Waals surface area contributed by atoms with Gasteiger partial charge < -0.3 is 0 Å². The largest absolute Gasteiger partial charge is 0.294 e. The number of carbonyl (C=O) groups excluding carboxylic acids is 1. The van der Waals surface area contributed by atoms with Crippen LogP contribution in [0.25, 0.3) is 0 Å². The summed E-state index contributed by atoms with van der Waals surface area (Å²) in [6.07, 6.45) is -0.0219. The first-order chi connectivity index (χ1) is 8.99. The van der Waals surface area contributed by atoms with Crippen LogP contribution in [0.5, 0.6) is 0 Å². The maximum absolute atomic E-state index is 13.0. The van der Waals surface area contributed by atoms with E-state index in [1.165, 1.54) is 0 Å². The molecule has 19 heavy (non-hydrogen) atoms. The van der Waals surface area contributed by atoms with E-state index in [4.69, 9.17) is 0 Å². The van der Waals surface area contributed by atoms with Crippen molar-refractivity contribution in [2.45, 2.75) is 6.42 Å². The molecule has 2 aromatic rings. The van der Waals surface area contributed by atoms with Gasteiger partial charge >= 0.3 is 0 Å². The maximum atomic E-state index is 13.0. The van der Waals surface area contributed by atoms with E-state index < -0.39 is 23.2 Å². The number of benzene rings is 2. The molecule has 0 bridgehead atoms. The smallest absolute Gasteiger partial charge is 0.194 e. The van der Waals surface area contributed by atoms with Crippen molar-refractivity contribution in [3.8, 4) is 0 Å². The predicted molar refractivity (Wildman–Crippen MR) is 68.5 cm³/mol. The molecule has 0 unspecified atom stereocenters. The van der Waals surface area contributed by atoms with E-state index in [9.17, 15) is 18.0 Å². The zero-order chi connectivity index (χ0) is 14.0. The van der Waals surface area contributed by atoms with Crippen LogP contribution < -0.4 is 0 Å². The lowest BCUT2D eigenvalue weighted by Gasteiger charge is -2.05. The van der Waals surface area contributed by atoms with Gasteiger partial charge in [-0.15, -0.1) is 0 Å². The normalized spacial score (nSPS) is 10.5. The molecule has 0 aromatic heterocycles. The summed E-state index contributed by atoms with van der Waals surface area (Å²) in [5.41, 5.74) is 0.504. The first-order valence-electron chi connectivity index (χ1n) is 5.40. The second kappa shape index (κ2) is 5.57. The molecule has 0 N–H and O–H groups in total. The summed E-state index contributed by atoms with van der Waals surface area (Å²) in [6.45, 7) is 0. The third-order valence-electron chi connectivity index (χ3n) is 2.61. The molecule has 0 amide bonds. The van der Waals surface area contributed by atoms with Crippen molar-refractivity contribution in [3.05, 3.63) is 69.4 Å². The lowest BCUT2D eigenvalue weighted by Crippen LogP contribution is -2.06. The Hall–Kier alpha value is -1.62. The van der Waals surface area contributed by atoms with Gasteiger partial charge in [0.05, 0.1) is 0 Å². The van der Waals surface area contributed by atoms with Gasteiger partial charge in [0, 0.05) is 16.5 Å². The van der Waals surface area contributed by atoms with Gasteiger partial charge in [-0.2, -0.15) is 0 Å². The van der Waals surface area contributed by atoms with Crippen LogP contribution in [0.2, 0.25) is 0 Å². The van der Waals surface area contributed by atoms with Gasteiger partial charge in [-0.25, -0.2) is 13.2 Å². The SMILES string of the molecule is O=C(Cc1ccccc1Br)c1cc(F)c(F)c(F)c1. The lowest BCUT2D eigenvalue weighted by molar-refractivity contribution is 0.0991. The number of hydrogen-bond acceptors (Lipinski definition) is 1. The number of rotatable bonds is 3. The quantitative estimate of drug-likeness (QED) is 0.606. The Morgan fingerprint density at radius 1 is 1.05 bits per heavy atom. The van der Waals surface area contributed by atoms with Crippen LogP contribution in [0.4, 0.5) is 13.2 Å². The fraction of sp³-hybridized carbons (Fsp3) is 0.0714. The van der Waals surface area contributed by atoms with Crippen molar-refractivity contribution < 1.29 is 18.0 Å². The number of carbonyl (C=O) groups is 1. The van der Waals surface area contributed by atoms with Crippen molar-refractivity contribution in [2.24, 2.45) is 0 Å². The van der Waals surface area contributed by atoms with E-state index in [-0.39, 0.29) is 12.0 Å².